The van der Waals surface area contributed by atoms with Crippen LogP contribution < -0.4 is 10.6 Å². The van der Waals surface area contributed by atoms with E-state index < -0.39 is 5.82 Å². The van der Waals surface area contributed by atoms with Crippen LogP contribution in [-0.4, -0.2) is 51.3 Å². The van der Waals surface area contributed by atoms with Crippen molar-refractivity contribution < 1.29 is 24.1 Å². The fraction of sp³-hybridized carbons (Fsp3) is 0.231. The minimum absolute atomic E-state index is 0.00200. The number of nitrogens with zero attached hydrogens (tertiary/aromatic N) is 3. The number of aromatic nitrogens is 2. The van der Waals surface area contributed by atoms with Gasteiger partial charge in [-0.15, -0.1) is 0 Å². The minimum Gasteiger partial charge on any atom is -0.409 e. The Morgan fingerprint density at radius 3 is 2.92 bits per heavy atom. The lowest BCUT2D eigenvalue weighted by atomic mass is 10.3. The molecular weight excluding hydrogens is 421 g/mol. The van der Waals surface area contributed by atoms with E-state index in [1.54, 1.807) is 0 Å². The highest BCUT2D eigenvalue weighted by atomic mass is 79.9. The third kappa shape index (κ3) is 5.41. The number of halogens is 2. The molecule has 0 unspecified atom stereocenters. The molecule has 0 fully saturated rings. The number of hydrogen-bond acceptors (Lipinski definition) is 8. The number of aliphatic hydroxyl groups is 1. The summed E-state index contributed by atoms with van der Waals surface area (Å²) in [7, 11) is 0. The van der Waals surface area contributed by atoms with E-state index in [0.717, 1.165) is 11.8 Å². The van der Waals surface area contributed by atoms with Gasteiger partial charge in [-0.25, -0.2) is 9.02 Å². The van der Waals surface area contributed by atoms with Crippen molar-refractivity contribution in [2.45, 2.75) is 5.03 Å². The van der Waals surface area contributed by atoms with Crippen LogP contribution in [0.5, 0.6) is 0 Å². The van der Waals surface area contributed by atoms with E-state index in [2.05, 4.69) is 46.7 Å². The van der Waals surface area contributed by atoms with Crippen LogP contribution in [0.4, 0.5) is 10.1 Å². The molecule has 0 atom stereocenters. The van der Waals surface area contributed by atoms with Crippen molar-refractivity contribution in [3.05, 3.63) is 34.2 Å². The molecule has 0 aliphatic rings. The Morgan fingerprint density at radius 1 is 1.44 bits per heavy atom. The number of hydrogen-bond donors (Lipinski definition) is 4. The van der Waals surface area contributed by atoms with E-state index >= 15 is 0 Å². The van der Waals surface area contributed by atoms with E-state index in [1.165, 1.54) is 18.2 Å². The number of benzene rings is 1. The van der Waals surface area contributed by atoms with E-state index in [0.29, 0.717) is 5.69 Å². The summed E-state index contributed by atoms with van der Waals surface area (Å²) < 4.78 is 18.1. The number of thioether (sulfide) groups is 1. The summed E-state index contributed by atoms with van der Waals surface area (Å²) >= 11 is 4.06. The van der Waals surface area contributed by atoms with Crippen molar-refractivity contribution in [1.29, 1.82) is 0 Å². The summed E-state index contributed by atoms with van der Waals surface area (Å²) in [5.74, 6) is -0.840. The van der Waals surface area contributed by atoms with Crippen LogP contribution in [-0.2, 0) is 4.79 Å². The number of carbonyl (C=O) groups excluding carboxylic acids is 1. The van der Waals surface area contributed by atoms with Crippen molar-refractivity contribution in [2.75, 3.05) is 24.2 Å². The lowest BCUT2D eigenvalue weighted by Gasteiger charge is -2.07. The number of amides is 1. The Labute approximate surface area is 153 Å². The number of oxime groups is 1. The zero-order valence-electron chi connectivity index (χ0n) is 12.6. The van der Waals surface area contributed by atoms with Crippen molar-refractivity contribution in [1.82, 2.24) is 15.6 Å². The second kappa shape index (κ2) is 9.34. The molecule has 0 spiro atoms. The lowest BCUT2D eigenvalue weighted by Crippen LogP contribution is -2.28. The van der Waals surface area contributed by atoms with Gasteiger partial charge in [0.2, 0.25) is 11.7 Å². The molecular formula is C13H13BrFN5O4S. The fourth-order valence-corrected chi connectivity index (χ4v) is 2.75. The highest BCUT2D eigenvalue weighted by Crippen LogP contribution is 2.23. The average molecular weight is 434 g/mol. The lowest BCUT2D eigenvalue weighted by molar-refractivity contribution is -0.118. The molecule has 12 heteroatoms. The summed E-state index contributed by atoms with van der Waals surface area (Å²) in [4.78, 5) is 11.6. The summed E-state index contributed by atoms with van der Waals surface area (Å²) in [6, 6.07) is 4.11. The molecule has 1 amide bonds. The highest BCUT2D eigenvalue weighted by molar-refractivity contribution is 9.10. The molecule has 134 valence electrons. The molecule has 0 aliphatic carbocycles. The maximum absolute atomic E-state index is 13.3. The predicted molar refractivity (Wildman–Crippen MR) is 91.2 cm³/mol. The van der Waals surface area contributed by atoms with Gasteiger partial charge in [-0.3, -0.25) is 4.79 Å². The summed E-state index contributed by atoms with van der Waals surface area (Å²) in [5.41, 5.74) is 0.517. The quantitative estimate of drug-likeness (QED) is 0.169. The molecule has 0 bridgehead atoms. The topological polar surface area (TPSA) is 133 Å². The number of anilines is 1. The van der Waals surface area contributed by atoms with Gasteiger partial charge in [0.25, 0.3) is 0 Å². The maximum atomic E-state index is 13.3. The maximum Gasteiger partial charge on any atom is 0.230 e. The molecule has 0 saturated heterocycles. The van der Waals surface area contributed by atoms with Crippen molar-refractivity contribution in [2.24, 2.45) is 5.16 Å². The second-order valence-corrected chi connectivity index (χ2v) is 6.30. The molecule has 1 aromatic carbocycles. The number of rotatable bonds is 7. The van der Waals surface area contributed by atoms with Crippen LogP contribution in [0.1, 0.15) is 5.69 Å². The Morgan fingerprint density at radius 2 is 2.24 bits per heavy atom. The molecule has 2 rings (SSSR count). The molecule has 0 saturated carbocycles. The van der Waals surface area contributed by atoms with E-state index in [4.69, 9.17) is 5.11 Å². The van der Waals surface area contributed by atoms with Gasteiger partial charge in [0, 0.05) is 12.2 Å². The summed E-state index contributed by atoms with van der Waals surface area (Å²) in [6.45, 7) is -0.0146. The van der Waals surface area contributed by atoms with Gasteiger partial charge in [-0.2, -0.15) is 0 Å². The van der Waals surface area contributed by atoms with Gasteiger partial charge < -0.3 is 20.9 Å². The first-order valence-corrected chi connectivity index (χ1v) is 8.60. The normalized spacial score (nSPS) is 11.4. The summed E-state index contributed by atoms with van der Waals surface area (Å²) in [6.07, 6.45) is 0. The first-order valence-electron chi connectivity index (χ1n) is 6.82. The number of carbonyl (C=O) groups is 1. The molecule has 1 heterocycles. The molecule has 0 aliphatic heterocycles. The van der Waals surface area contributed by atoms with Gasteiger partial charge >= 0.3 is 0 Å². The first-order chi connectivity index (χ1) is 12.0. The van der Waals surface area contributed by atoms with Gasteiger partial charge in [0.1, 0.15) is 5.82 Å². The van der Waals surface area contributed by atoms with E-state index in [9.17, 15) is 14.4 Å². The largest absolute Gasteiger partial charge is 0.409 e. The zero-order valence-corrected chi connectivity index (χ0v) is 15.0. The third-order valence-corrected chi connectivity index (χ3v) is 4.29. The third-order valence-electron chi connectivity index (χ3n) is 2.74. The van der Waals surface area contributed by atoms with Crippen LogP contribution in [0, 0.1) is 5.82 Å². The van der Waals surface area contributed by atoms with Gasteiger partial charge in [0.15, 0.2) is 10.7 Å². The van der Waals surface area contributed by atoms with Crippen LogP contribution in [0.2, 0.25) is 0 Å². The SMILES string of the molecule is O=C(CSc1nonc1/C(=N\O)Nc1ccc(F)c(Br)c1)NCCO. The Bertz CT molecular complexity index is 773. The van der Waals surface area contributed by atoms with Gasteiger partial charge in [0.05, 0.1) is 16.8 Å². The molecule has 1 aromatic heterocycles. The number of amidine groups is 1. The van der Waals surface area contributed by atoms with Gasteiger partial charge in [-0.05, 0) is 44.4 Å². The van der Waals surface area contributed by atoms with Gasteiger partial charge in [-0.1, -0.05) is 16.9 Å². The molecule has 0 radical (unpaired) electrons. The first kappa shape index (κ1) is 19.1. The molecule has 2 aromatic rings. The average Bonchev–Trinajstić information content (AvgIpc) is 3.07. The van der Waals surface area contributed by atoms with E-state index in [-0.39, 0.29) is 45.8 Å². The Balaban J connectivity index is 2.07. The van der Waals surface area contributed by atoms with Crippen LogP contribution in [0.25, 0.3) is 0 Å². The van der Waals surface area contributed by atoms with Crippen LogP contribution in [0.3, 0.4) is 0 Å². The fourth-order valence-electron chi connectivity index (χ4n) is 1.64. The van der Waals surface area contributed by atoms with Crippen molar-refractivity contribution >= 4 is 45.1 Å². The standard InChI is InChI=1S/C13H13BrFN5O4S/c14-8-5-7(1-2-9(8)15)17-12(18-23)11-13(20-24-19-11)25-6-10(22)16-3-4-21/h1-2,5,21,23H,3-4,6H2,(H,16,22)(H,17,18). The smallest absolute Gasteiger partial charge is 0.230 e. The monoisotopic (exact) mass is 433 g/mol. The van der Waals surface area contributed by atoms with Crippen molar-refractivity contribution in [3.8, 4) is 0 Å². The number of aliphatic hydroxyl groups excluding tert-OH is 1. The second-order valence-electron chi connectivity index (χ2n) is 4.48. The predicted octanol–water partition coefficient (Wildman–Crippen LogP) is 1.42. The van der Waals surface area contributed by atoms with Crippen LogP contribution in [0.15, 0.2) is 37.5 Å². The Kier molecular flexibility index (Phi) is 7.16. The molecule has 4 N–H and O–H groups in total. The Hall–Kier alpha value is -2.18. The molecule has 25 heavy (non-hydrogen) atoms. The number of nitrogens with one attached hydrogen (secondary N) is 2. The molecule has 9 nitrogen and oxygen atoms in total. The van der Waals surface area contributed by atoms with Crippen molar-refractivity contribution in [3.63, 3.8) is 0 Å². The van der Waals surface area contributed by atoms with Crippen LogP contribution >= 0.6 is 27.7 Å². The zero-order chi connectivity index (χ0) is 18.2. The minimum atomic E-state index is -0.443. The highest BCUT2D eigenvalue weighted by Gasteiger charge is 2.19. The van der Waals surface area contributed by atoms with E-state index in [1.807, 2.05) is 0 Å². The summed E-state index contributed by atoms with van der Waals surface area (Å²) in [5, 5.41) is 33.7.